The number of carbonyl (C=O) groups is 1. The standard InChI is InChI=1S/C17H26O2/c1-3-4-5-6-7-14-19-17-12-10-16(11-13-17)9-8-15(2)18/h10-13H,3-9,14H2,1-2H3. The molecule has 106 valence electrons. The van der Waals surface area contributed by atoms with Crippen LogP contribution in [0.2, 0.25) is 0 Å². The Labute approximate surface area is 117 Å². The third-order valence-corrected chi connectivity index (χ3v) is 3.21. The number of rotatable bonds is 10. The van der Waals surface area contributed by atoms with Gasteiger partial charge in [0.2, 0.25) is 0 Å². The second kappa shape index (κ2) is 9.60. The summed E-state index contributed by atoms with van der Waals surface area (Å²) in [7, 11) is 0. The lowest BCUT2D eigenvalue weighted by Crippen LogP contribution is -1.98. The minimum Gasteiger partial charge on any atom is -0.494 e. The van der Waals surface area contributed by atoms with Crippen molar-refractivity contribution in [3.05, 3.63) is 29.8 Å². The van der Waals surface area contributed by atoms with Crippen molar-refractivity contribution in [1.82, 2.24) is 0 Å². The lowest BCUT2D eigenvalue weighted by molar-refractivity contribution is -0.116. The molecule has 1 aromatic rings. The van der Waals surface area contributed by atoms with Gasteiger partial charge < -0.3 is 9.53 Å². The molecule has 0 unspecified atom stereocenters. The van der Waals surface area contributed by atoms with Gasteiger partial charge >= 0.3 is 0 Å². The Morgan fingerprint density at radius 3 is 2.37 bits per heavy atom. The van der Waals surface area contributed by atoms with Crippen LogP contribution in [0.5, 0.6) is 5.75 Å². The average Bonchev–Trinajstić information content (AvgIpc) is 2.41. The molecule has 0 radical (unpaired) electrons. The van der Waals surface area contributed by atoms with Gasteiger partial charge in [-0.2, -0.15) is 0 Å². The van der Waals surface area contributed by atoms with Gasteiger partial charge in [-0.15, -0.1) is 0 Å². The topological polar surface area (TPSA) is 26.3 Å². The molecule has 0 aliphatic carbocycles. The number of Topliss-reactive ketones (excluding diaryl/α,β-unsaturated/α-hetero) is 1. The van der Waals surface area contributed by atoms with E-state index in [4.69, 9.17) is 4.74 Å². The van der Waals surface area contributed by atoms with E-state index in [1.807, 2.05) is 12.1 Å². The highest BCUT2D eigenvalue weighted by Crippen LogP contribution is 2.14. The van der Waals surface area contributed by atoms with Crippen LogP contribution in [0.3, 0.4) is 0 Å². The maximum Gasteiger partial charge on any atom is 0.130 e. The zero-order valence-electron chi connectivity index (χ0n) is 12.3. The summed E-state index contributed by atoms with van der Waals surface area (Å²) in [5, 5.41) is 0. The minimum absolute atomic E-state index is 0.243. The number of aryl methyl sites for hydroxylation is 1. The van der Waals surface area contributed by atoms with Crippen molar-refractivity contribution in [3.8, 4) is 5.75 Å². The predicted molar refractivity (Wildman–Crippen MR) is 79.7 cm³/mol. The van der Waals surface area contributed by atoms with Crippen LogP contribution >= 0.6 is 0 Å². The van der Waals surface area contributed by atoms with Crippen molar-refractivity contribution >= 4 is 5.78 Å². The molecule has 0 aliphatic heterocycles. The van der Waals surface area contributed by atoms with Crippen molar-refractivity contribution in [1.29, 1.82) is 0 Å². The molecule has 0 fully saturated rings. The normalized spacial score (nSPS) is 10.4. The number of unbranched alkanes of at least 4 members (excludes halogenated alkanes) is 4. The monoisotopic (exact) mass is 262 g/mol. The maximum atomic E-state index is 10.9. The van der Waals surface area contributed by atoms with E-state index in [9.17, 15) is 4.79 Å². The molecule has 0 amide bonds. The molecular formula is C17H26O2. The molecule has 2 nitrogen and oxygen atoms in total. The second-order valence-corrected chi connectivity index (χ2v) is 5.11. The van der Waals surface area contributed by atoms with Crippen molar-refractivity contribution in [2.24, 2.45) is 0 Å². The number of hydrogen-bond donors (Lipinski definition) is 0. The molecule has 0 spiro atoms. The van der Waals surface area contributed by atoms with E-state index in [-0.39, 0.29) is 5.78 Å². The molecule has 0 N–H and O–H groups in total. The number of ketones is 1. The molecule has 0 saturated carbocycles. The Morgan fingerprint density at radius 2 is 1.74 bits per heavy atom. The summed E-state index contributed by atoms with van der Waals surface area (Å²) < 4.78 is 5.70. The van der Waals surface area contributed by atoms with E-state index in [1.54, 1.807) is 6.92 Å². The Kier molecular flexibility index (Phi) is 7.95. The van der Waals surface area contributed by atoms with Crippen LogP contribution in [0, 0.1) is 0 Å². The number of ether oxygens (including phenoxy) is 1. The molecule has 0 atom stereocenters. The van der Waals surface area contributed by atoms with Crippen molar-refractivity contribution in [3.63, 3.8) is 0 Å². The molecule has 2 heteroatoms. The van der Waals surface area contributed by atoms with Crippen molar-refractivity contribution in [2.45, 2.75) is 58.8 Å². The van der Waals surface area contributed by atoms with Crippen LogP contribution in [0.25, 0.3) is 0 Å². The summed E-state index contributed by atoms with van der Waals surface area (Å²) >= 11 is 0. The third kappa shape index (κ3) is 7.66. The summed E-state index contributed by atoms with van der Waals surface area (Å²) in [6, 6.07) is 8.10. The Bertz CT molecular complexity index is 354. The molecule has 0 aromatic heterocycles. The SMILES string of the molecule is CCCCCCCOc1ccc(CCC(C)=O)cc1. The summed E-state index contributed by atoms with van der Waals surface area (Å²) in [6.45, 7) is 4.66. The maximum absolute atomic E-state index is 10.9. The highest BCUT2D eigenvalue weighted by atomic mass is 16.5. The predicted octanol–water partition coefficient (Wildman–Crippen LogP) is 4.56. The molecule has 19 heavy (non-hydrogen) atoms. The second-order valence-electron chi connectivity index (χ2n) is 5.11. The van der Waals surface area contributed by atoms with Gasteiger partial charge in [-0.25, -0.2) is 0 Å². The summed E-state index contributed by atoms with van der Waals surface area (Å²) in [6.07, 6.45) is 7.75. The summed E-state index contributed by atoms with van der Waals surface area (Å²) in [4.78, 5) is 10.9. The largest absolute Gasteiger partial charge is 0.494 e. The fourth-order valence-corrected chi connectivity index (χ4v) is 1.97. The van der Waals surface area contributed by atoms with Gasteiger partial charge in [-0.1, -0.05) is 44.7 Å². The van der Waals surface area contributed by atoms with Gasteiger partial charge in [-0.3, -0.25) is 0 Å². The quantitative estimate of drug-likeness (QED) is 0.578. The van der Waals surface area contributed by atoms with E-state index < -0.39 is 0 Å². The molecular weight excluding hydrogens is 236 g/mol. The number of carbonyl (C=O) groups excluding carboxylic acids is 1. The van der Waals surface area contributed by atoms with E-state index >= 15 is 0 Å². The average molecular weight is 262 g/mol. The highest BCUT2D eigenvalue weighted by molar-refractivity contribution is 5.75. The molecule has 0 heterocycles. The fraction of sp³-hybridized carbons (Fsp3) is 0.588. The molecule has 0 saturated heterocycles. The van der Waals surface area contributed by atoms with Gasteiger partial charge in [0, 0.05) is 6.42 Å². The van der Waals surface area contributed by atoms with Crippen LogP contribution in [0.1, 0.15) is 57.9 Å². The molecule has 0 bridgehead atoms. The number of hydrogen-bond acceptors (Lipinski definition) is 2. The van der Waals surface area contributed by atoms with Crippen LogP contribution < -0.4 is 4.74 Å². The van der Waals surface area contributed by atoms with Gasteiger partial charge in [0.05, 0.1) is 6.61 Å². The highest BCUT2D eigenvalue weighted by Gasteiger charge is 1.98. The van der Waals surface area contributed by atoms with Gasteiger partial charge in [0.25, 0.3) is 0 Å². The smallest absolute Gasteiger partial charge is 0.130 e. The first-order valence-electron chi connectivity index (χ1n) is 7.43. The minimum atomic E-state index is 0.243. The summed E-state index contributed by atoms with van der Waals surface area (Å²) in [5.74, 6) is 1.18. The van der Waals surface area contributed by atoms with Crippen molar-refractivity contribution < 1.29 is 9.53 Å². The van der Waals surface area contributed by atoms with Crippen molar-refractivity contribution in [2.75, 3.05) is 6.61 Å². The van der Waals surface area contributed by atoms with Gasteiger partial charge in [0.15, 0.2) is 0 Å². The lowest BCUT2D eigenvalue weighted by atomic mass is 10.1. The van der Waals surface area contributed by atoms with Crippen LogP contribution in [0.4, 0.5) is 0 Å². The number of benzene rings is 1. The van der Waals surface area contributed by atoms with Gasteiger partial charge in [-0.05, 0) is 37.5 Å². The fourth-order valence-electron chi connectivity index (χ4n) is 1.97. The first-order valence-corrected chi connectivity index (χ1v) is 7.43. The zero-order valence-corrected chi connectivity index (χ0v) is 12.3. The van der Waals surface area contributed by atoms with Crippen LogP contribution in [-0.4, -0.2) is 12.4 Å². The Balaban J connectivity index is 2.19. The van der Waals surface area contributed by atoms with E-state index in [0.29, 0.717) is 6.42 Å². The van der Waals surface area contributed by atoms with Crippen LogP contribution in [0.15, 0.2) is 24.3 Å². The van der Waals surface area contributed by atoms with Crippen LogP contribution in [-0.2, 0) is 11.2 Å². The Morgan fingerprint density at radius 1 is 1.05 bits per heavy atom. The molecule has 1 rings (SSSR count). The molecule has 0 aliphatic rings. The third-order valence-electron chi connectivity index (χ3n) is 3.21. The zero-order chi connectivity index (χ0) is 13.9. The van der Waals surface area contributed by atoms with E-state index in [1.165, 1.54) is 31.2 Å². The van der Waals surface area contributed by atoms with E-state index in [2.05, 4.69) is 19.1 Å². The Hall–Kier alpha value is -1.31. The van der Waals surface area contributed by atoms with Gasteiger partial charge in [0.1, 0.15) is 11.5 Å². The molecule has 1 aromatic carbocycles. The van der Waals surface area contributed by atoms with E-state index in [0.717, 1.165) is 25.2 Å². The summed E-state index contributed by atoms with van der Waals surface area (Å²) in [5.41, 5.74) is 1.20. The first kappa shape index (κ1) is 15.7. The lowest BCUT2D eigenvalue weighted by Gasteiger charge is -2.07. The first-order chi connectivity index (χ1) is 9.22.